The number of rotatable bonds is 5. The number of benzene rings is 1. The van der Waals surface area contributed by atoms with E-state index in [4.69, 9.17) is 5.73 Å². The van der Waals surface area contributed by atoms with E-state index >= 15 is 0 Å². The van der Waals surface area contributed by atoms with Crippen molar-refractivity contribution in [1.82, 2.24) is 0 Å². The molecular formula is C13H20INO. The van der Waals surface area contributed by atoms with E-state index in [2.05, 4.69) is 36.4 Å². The maximum atomic E-state index is 9.98. The lowest BCUT2D eigenvalue weighted by atomic mass is 9.96. The van der Waals surface area contributed by atoms with Crippen LogP contribution >= 0.6 is 22.6 Å². The van der Waals surface area contributed by atoms with Gasteiger partial charge in [-0.1, -0.05) is 26.0 Å². The number of nitrogens with two attached hydrogens (primary N) is 1. The van der Waals surface area contributed by atoms with Crippen molar-refractivity contribution in [3.63, 3.8) is 0 Å². The van der Waals surface area contributed by atoms with E-state index in [0.717, 1.165) is 22.0 Å². The third-order valence-corrected chi connectivity index (χ3v) is 3.36. The highest BCUT2D eigenvalue weighted by Gasteiger charge is 2.16. The van der Waals surface area contributed by atoms with Crippen LogP contribution in [0.25, 0.3) is 0 Å². The summed E-state index contributed by atoms with van der Waals surface area (Å²) in [7, 11) is 0. The van der Waals surface area contributed by atoms with Crippen molar-refractivity contribution in [2.75, 3.05) is 0 Å². The van der Waals surface area contributed by atoms with Crippen LogP contribution in [0.4, 0.5) is 0 Å². The van der Waals surface area contributed by atoms with Crippen LogP contribution in [0, 0.1) is 9.49 Å². The fraction of sp³-hybridized carbons (Fsp3) is 0.538. The van der Waals surface area contributed by atoms with Crippen molar-refractivity contribution >= 4 is 22.6 Å². The number of halogens is 1. The Morgan fingerprint density at radius 2 is 2.00 bits per heavy atom. The molecule has 0 bridgehead atoms. The van der Waals surface area contributed by atoms with Gasteiger partial charge in [-0.05, 0) is 59.0 Å². The molecular weight excluding hydrogens is 313 g/mol. The fourth-order valence-corrected chi connectivity index (χ4v) is 2.19. The Balaban J connectivity index is 2.59. The monoisotopic (exact) mass is 333 g/mol. The zero-order chi connectivity index (χ0) is 12.1. The van der Waals surface area contributed by atoms with Crippen LogP contribution in [0.3, 0.4) is 0 Å². The predicted octanol–water partition coefficient (Wildman–Crippen LogP) is 3.09. The smallest absolute Gasteiger partial charge is 0.0732 e. The Bertz CT molecular complexity index is 327. The van der Waals surface area contributed by atoms with E-state index < -0.39 is 6.10 Å². The van der Waals surface area contributed by atoms with Gasteiger partial charge in [0.1, 0.15) is 0 Å². The number of hydrogen-bond donors (Lipinski definition) is 2. The lowest BCUT2D eigenvalue weighted by Crippen LogP contribution is -2.26. The first-order chi connectivity index (χ1) is 7.50. The molecule has 0 spiro atoms. The SMILES string of the molecule is CC(C)CC[C@@H](O)[C@@H](N)c1cccc(I)c1. The summed E-state index contributed by atoms with van der Waals surface area (Å²) in [6.45, 7) is 4.31. The minimum absolute atomic E-state index is 0.270. The number of aliphatic hydroxyl groups is 1. The van der Waals surface area contributed by atoms with Gasteiger partial charge in [0.15, 0.2) is 0 Å². The molecule has 2 atom stereocenters. The second kappa shape index (κ2) is 6.57. The molecule has 0 radical (unpaired) electrons. The third kappa shape index (κ3) is 4.39. The summed E-state index contributed by atoms with van der Waals surface area (Å²) >= 11 is 2.26. The molecule has 0 aromatic heterocycles. The lowest BCUT2D eigenvalue weighted by molar-refractivity contribution is 0.128. The Kier molecular flexibility index (Phi) is 5.72. The molecule has 0 saturated carbocycles. The van der Waals surface area contributed by atoms with E-state index in [-0.39, 0.29) is 6.04 Å². The molecule has 0 amide bonds. The molecule has 0 aliphatic rings. The highest BCUT2D eigenvalue weighted by Crippen LogP contribution is 2.20. The molecule has 2 nitrogen and oxygen atoms in total. The maximum absolute atomic E-state index is 9.98. The van der Waals surface area contributed by atoms with Gasteiger partial charge in [0.2, 0.25) is 0 Å². The van der Waals surface area contributed by atoms with Gasteiger partial charge in [-0.3, -0.25) is 0 Å². The summed E-state index contributed by atoms with van der Waals surface area (Å²) < 4.78 is 1.15. The zero-order valence-corrected chi connectivity index (χ0v) is 12.0. The van der Waals surface area contributed by atoms with Gasteiger partial charge < -0.3 is 10.8 Å². The van der Waals surface area contributed by atoms with E-state index in [9.17, 15) is 5.11 Å². The first-order valence-electron chi connectivity index (χ1n) is 5.70. The van der Waals surface area contributed by atoms with Gasteiger partial charge in [-0.2, -0.15) is 0 Å². The molecule has 0 heterocycles. The van der Waals surface area contributed by atoms with Crippen molar-refractivity contribution in [2.45, 2.75) is 38.8 Å². The number of hydrogen-bond acceptors (Lipinski definition) is 2. The molecule has 1 aromatic rings. The van der Waals surface area contributed by atoms with Gasteiger partial charge in [-0.25, -0.2) is 0 Å². The van der Waals surface area contributed by atoms with Crippen LogP contribution in [0.2, 0.25) is 0 Å². The second-order valence-corrected chi connectivity index (χ2v) is 5.86. The van der Waals surface area contributed by atoms with Crippen molar-refractivity contribution in [2.24, 2.45) is 11.7 Å². The van der Waals surface area contributed by atoms with Crippen molar-refractivity contribution < 1.29 is 5.11 Å². The Hall–Kier alpha value is -0.130. The maximum Gasteiger partial charge on any atom is 0.0732 e. The van der Waals surface area contributed by atoms with E-state index in [1.54, 1.807) is 0 Å². The van der Waals surface area contributed by atoms with Crippen LogP contribution in [0.5, 0.6) is 0 Å². The molecule has 90 valence electrons. The average molecular weight is 333 g/mol. The van der Waals surface area contributed by atoms with E-state index in [1.165, 1.54) is 0 Å². The normalized spacial score (nSPS) is 15.1. The predicted molar refractivity (Wildman–Crippen MR) is 76.2 cm³/mol. The Morgan fingerprint density at radius 3 is 2.56 bits per heavy atom. The second-order valence-electron chi connectivity index (χ2n) is 4.62. The molecule has 16 heavy (non-hydrogen) atoms. The Morgan fingerprint density at radius 1 is 1.31 bits per heavy atom. The Labute approximate surface area is 111 Å². The minimum Gasteiger partial charge on any atom is -0.391 e. The molecule has 3 N–H and O–H groups in total. The van der Waals surface area contributed by atoms with Gasteiger partial charge >= 0.3 is 0 Å². The minimum atomic E-state index is -0.444. The highest BCUT2D eigenvalue weighted by atomic mass is 127. The lowest BCUT2D eigenvalue weighted by Gasteiger charge is -2.20. The molecule has 0 aliphatic carbocycles. The van der Waals surface area contributed by atoms with Crippen LogP contribution in [-0.4, -0.2) is 11.2 Å². The summed E-state index contributed by atoms with van der Waals surface area (Å²) in [5.41, 5.74) is 7.06. The van der Waals surface area contributed by atoms with Crippen molar-refractivity contribution in [3.05, 3.63) is 33.4 Å². The average Bonchev–Trinajstić information content (AvgIpc) is 2.24. The summed E-state index contributed by atoms with van der Waals surface area (Å²) in [4.78, 5) is 0. The molecule has 0 aliphatic heterocycles. The van der Waals surface area contributed by atoms with Crippen molar-refractivity contribution in [3.8, 4) is 0 Å². The van der Waals surface area contributed by atoms with Gasteiger partial charge in [0, 0.05) is 3.57 Å². The summed E-state index contributed by atoms with van der Waals surface area (Å²) in [6, 6.07) is 7.74. The molecule has 1 rings (SSSR count). The molecule has 0 unspecified atom stereocenters. The van der Waals surface area contributed by atoms with Crippen LogP contribution in [0.15, 0.2) is 24.3 Å². The quantitative estimate of drug-likeness (QED) is 0.814. The first-order valence-corrected chi connectivity index (χ1v) is 6.77. The van der Waals surface area contributed by atoms with Crippen LogP contribution < -0.4 is 5.73 Å². The topological polar surface area (TPSA) is 46.2 Å². The van der Waals surface area contributed by atoms with Crippen LogP contribution in [0.1, 0.15) is 38.3 Å². The highest BCUT2D eigenvalue weighted by molar-refractivity contribution is 14.1. The summed E-state index contributed by atoms with van der Waals surface area (Å²) in [6.07, 6.45) is 1.34. The molecule has 0 saturated heterocycles. The molecule has 1 aromatic carbocycles. The largest absolute Gasteiger partial charge is 0.391 e. The zero-order valence-electron chi connectivity index (χ0n) is 9.86. The summed E-state index contributed by atoms with van der Waals surface area (Å²) in [5, 5.41) is 9.98. The van der Waals surface area contributed by atoms with Gasteiger partial charge in [-0.15, -0.1) is 0 Å². The van der Waals surface area contributed by atoms with E-state index in [1.807, 2.05) is 24.3 Å². The molecule has 3 heteroatoms. The third-order valence-electron chi connectivity index (χ3n) is 2.69. The number of aliphatic hydroxyl groups excluding tert-OH is 1. The van der Waals surface area contributed by atoms with Crippen molar-refractivity contribution in [1.29, 1.82) is 0 Å². The van der Waals surface area contributed by atoms with Gasteiger partial charge in [0.05, 0.1) is 12.1 Å². The van der Waals surface area contributed by atoms with Gasteiger partial charge in [0.25, 0.3) is 0 Å². The first kappa shape index (κ1) is 13.9. The van der Waals surface area contributed by atoms with Crippen LogP contribution in [-0.2, 0) is 0 Å². The molecule has 0 fully saturated rings. The fourth-order valence-electron chi connectivity index (χ4n) is 1.62. The summed E-state index contributed by atoms with van der Waals surface area (Å²) in [5.74, 6) is 0.609. The van der Waals surface area contributed by atoms with E-state index in [0.29, 0.717) is 5.92 Å². The standard InChI is InChI=1S/C13H20INO/c1-9(2)6-7-12(16)13(15)10-4-3-5-11(14)8-10/h3-5,8-9,12-13,16H,6-7,15H2,1-2H3/t12-,13+/m1/s1.